The van der Waals surface area contributed by atoms with Crippen molar-refractivity contribution in [2.75, 3.05) is 0 Å². The van der Waals surface area contributed by atoms with E-state index in [-0.39, 0.29) is 5.78 Å². The van der Waals surface area contributed by atoms with E-state index in [4.69, 9.17) is 0 Å². The number of nitrogens with zero attached hydrogens (tertiary/aromatic N) is 2. The number of pyridine rings is 2. The van der Waals surface area contributed by atoms with Crippen LogP contribution in [0, 0.1) is 0 Å². The van der Waals surface area contributed by atoms with Gasteiger partial charge in [0.2, 0.25) is 0 Å². The molecule has 98 valence electrons. The van der Waals surface area contributed by atoms with Crippen LogP contribution >= 0.6 is 11.3 Å². The smallest absolute Gasteiger partial charge is 0.161 e. The zero-order chi connectivity index (χ0) is 13.9. The van der Waals surface area contributed by atoms with Crippen molar-refractivity contribution in [3.05, 3.63) is 60.7 Å². The van der Waals surface area contributed by atoms with Gasteiger partial charge in [-0.3, -0.25) is 14.8 Å². The van der Waals surface area contributed by atoms with E-state index in [0.29, 0.717) is 0 Å². The number of carbonyl (C=O) groups excluding carboxylic acids is 1. The van der Waals surface area contributed by atoms with Gasteiger partial charge in [0.05, 0.1) is 0 Å². The molecule has 3 heterocycles. The van der Waals surface area contributed by atoms with E-state index < -0.39 is 0 Å². The van der Waals surface area contributed by atoms with Crippen LogP contribution in [0.3, 0.4) is 0 Å². The minimum atomic E-state index is 0.0772. The fraction of sp³-hybridized carbons (Fsp3) is 0.0625. The summed E-state index contributed by atoms with van der Waals surface area (Å²) >= 11 is 1.62. The normalized spacial score (nSPS) is 10.4. The number of carbonyl (C=O) groups is 1. The minimum absolute atomic E-state index is 0.0772. The molecular formula is C16H12N2OS. The SMILES string of the molecule is CC(=O)c1cc(-c2ccncc2)sc1-c1ccncc1. The lowest BCUT2D eigenvalue weighted by Crippen LogP contribution is -1.91. The van der Waals surface area contributed by atoms with Crippen molar-refractivity contribution in [2.45, 2.75) is 6.92 Å². The van der Waals surface area contributed by atoms with Gasteiger partial charge in [0.25, 0.3) is 0 Å². The highest BCUT2D eigenvalue weighted by Gasteiger charge is 2.15. The number of hydrogen-bond donors (Lipinski definition) is 0. The van der Waals surface area contributed by atoms with E-state index in [2.05, 4.69) is 9.97 Å². The zero-order valence-corrected chi connectivity index (χ0v) is 11.7. The third-order valence-corrected chi connectivity index (χ3v) is 4.25. The van der Waals surface area contributed by atoms with Gasteiger partial charge in [-0.05, 0) is 48.4 Å². The molecule has 0 saturated carbocycles. The first-order valence-corrected chi connectivity index (χ1v) is 7.03. The predicted octanol–water partition coefficient (Wildman–Crippen LogP) is 4.07. The monoisotopic (exact) mass is 280 g/mol. The second kappa shape index (κ2) is 5.35. The molecule has 0 aliphatic heterocycles. The molecule has 0 fully saturated rings. The van der Waals surface area contributed by atoms with E-state index in [0.717, 1.165) is 26.4 Å². The van der Waals surface area contributed by atoms with Crippen LogP contribution in [0.2, 0.25) is 0 Å². The largest absolute Gasteiger partial charge is 0.294 e. The second-order valence-electron chi connectivity index (χ2n) is 4.38. The average Bonchev–Trinajstić information content (AvgIpc) is 2.94. The van der Waals surface area contributed by atoms with Crippen molar-refractivity contribution in [2.24, 2.45) is 0 Å². The van der Waals surface area contributed by atoms with Crippen LogP contribution in [-0.2, 0) is 0 Å². The molecule has 0 amide bonds. The molecule has 0 radical (unpaired) electrons. The number of Topliss-reactive ketones (excluding diaryl/α,β-unsaturated/α-hetero) is 1. The summed E-state index contributed by atoms with van der Waals surface area (Å²) in [6.07, 6.45) is 7.00. The third-order valence-electron chi connectivity index (χ3n) is 3.02. The Kier molecular flexibility index (Phi) is 3.39. The van der Waals surface area contributed by atoms with Gasteiger partial charge in [-0.25, -0.2) is 0 Å². The molecule has 20 heavy (non-hydrogen) atoms. The summed E-state index contributed by atoms with van der Waals surface area (Å²) in [5.41, 5.74) is 2.86. The van der Waals surface area contributed by atoms with Gasteiger partial charge in [-0.2, -0.15) is 0 Å². The van der Waals surface area contributed by atoms with Gasteiger partial charge in [0.15, 0.2) is 5.78 Å². The molecule has 0 saturated heterocycles. The van der Waals surface area contributed by atoms with Gasteiger partial charge in [-0.1, -0.05) is 0 Å². The standard InChI is InChI=1S/C16H12N2OS/c1-11(19)14-10-15(12-2-6-17-7-3-12)20-16(14)13-4-8-18-9-5-13/h2-10H,1H3. The maximum absolute atomic E-state index is 11.9. The summed E-state index contributed by atoms with van der Waals surface area (Å²) in [6, 6.07) is 9.71. The number of hydrogen-bond acceptors (Lipinski definition) is 4. The molecule has 0 aromatic carbocycles. The first-order valence-electron chi connectivity index (χ1n) is 6.21. The molecule has 3 rings (SSSR count). The van der Waals surface area contributed by atoms with E-state index in [1.54, 1.807) is 43.0 Å². The molecular weight excluding hydrogens is 268 g/mol. The first-order chi connectivity index (χ1) is 9.75. The van der Waals surface area contributed by atoms with Crippen molar-refractivity contribution in [1.82, 2.24) is 9.97 Å². The topological polar surface area (TPSA) is 42.9 Å². The third kappa shape index (κ3) is 2.38. The number of ketones is 1. The first kappa shape index (κ1) is 12.7. The summed E-state index contributed by atoms with van der Waals surface area (Å²) in [5.74, 6) is 0.0772. The number of aromatic nitrogens is 2. The summed E-state index contributed by atoms with van der Waals surface area (Å²) in [4.78, 5) is 22.0. The van der Waals surface area contributed by atoms with E-state index in [1.165, 1.54) is 0 Å². The summed E-state index contributed by atoms with van der Waals surface area (Å²) in [5, 5.41) is 0. The van der Waals surface area contributed by atoms with Gasteiger partial charge < -0.3 is 0 Å². The number of thiophene rings is 1. The minimum Gasteiger partial charge on any atom is -0.294 e. The van der Waals surface area contributed by atoms with Crippen molar-refractivity contribution >= 4 is 17.1 Å². The molecule has 4 heteroatoms. The van der Waals surface area contributed by atoms with Crippen LogP contribution in [0.5, 0.6) is 0 Å². The van der Waals surface area contributed by atoms with Crippen LogP contribution in [0.25, 0.3) is 20.9 Å². The van der Waals surface area contributed by atoms with E-state index in [1.807, 2.05) is 30.3 Å². The molecule has 0 bridgehead atoms. The summed E-state index contributed by atoms with van der Waals surface area (Å²) in [6.45, 7) is 1.60. The number of rotatable bonds is 3. The Balaban J connectivity index is 2.15. The van der Waals surface area contributed by atoms with Crippen LogP contribution in [-0.4, -0.2) is 15.8 Å². The summed E-state index contributed by atoms with van der Waals surface area (Å²) in [7, 11) is 0. The Labute approximate surface area is 121 Å². The van der Waals surface area contributed by atoms with Gasteiger partial charge in [-0.15, -0.1) is 11.3 Å². The van der Waals surface area contributed by atoms with Crippen molar-refractivity contribution in [3.63, 3.8) is 0 Å². The Bertz CT molecular complexity index is 736. The molecule has 0 aliphatic rings. The molecule has 3 aromatic rings. The zero-order valence-electron chi connectivity index (χ0n) is 10.9. The average molecular weight is 280 g/mol. The van der Waals surface area contributed by atoms with Crippen molar-refractivity contribution < 1.29 is 4.79 Å². The quantitative estimate of drug-likeness (QED) is 0.679. The Morgan fingerprint density at radius 3 is 2.05 bits per heavy atom. The van der Waals surface area contributed by atoms with Crippen LogP contribution in [0.1, 0.15) is 17.3 Å². The fourth-order valence-corrected chi connectivity index (χ4v) is 3.25. The maximum atomic E-state index is 11.9. The van der Waals surface area contributed by atoms with Crippen LogP contribution in [0.15, 0.2) is 55.1 Å². The van der Waals surface area contributed by atoms with E-state index >= 15 is 0 Å². The molecule has 0 N–H and O–H groups in total. The van der Waals surface area contributed by atoms with Crippen molar-refractivity contribution in [1.29, 1.82) is 0 Å². The maximum Gasteiger partial charge on any atom is 0.161 e. The second-order valence-corrected chi connectivity index (χ2v) is 5.43. The highest BCUT2D eigenvalue weighted by molar-refractivity contribution is 7.19. The van der Waals surface area contributed by atoms with Crippen LogP contribution < -0.4 is 0 Å². The molecule has 0 aliphatic carbocycles. The molecule has 0 unspecified atom stereocenters. The fourth-order valence-electron chi connectivity index (χ4n) is 2.03. The predicted molar refractivity (Wildman–Crippen MR) is 80.8 cm³/mol. The molecule has 0 atom stereocenters. The van der Waals surface area contributed by atoms with Gasteiger partial charge in [0, 0.05) is 40.1 Å². The molecule has 3 aromatic heterocycles. The summed E-state index contributed by atoms with van der Waals surface area (Å²) < 4.78 is 0. The Hall–Kier alpha value is -2.33. The van der Waals surface area contributed by atoms with E-state index in [9.17, 15) is 4.79 Å². The Morgan fingerprint density at radius 1 is 0.950 bits per heavy atom. The van der Waals surface area contributed by atoms with Crippen LogP contribution in [0.4, 0.5) is 0 Å². The molecule has 0 spiro atoms. The highest BCUT2D eigenvalue weighted by Crippen LogP contribution is 2.38. The van der Waals surface area contributed by atoms with Gasteiger partial charge in [0.1, 0.15) is 0 Å². The van der Waals surface area contributed by atoms with Crippen molar-refractivity contribution in [3.8, 4) is 20.9 Å². The molecule has 3 nitrogen and oxygen atoms in total. The van der Waals surface area contributed by atoms with Gasteiger partial charge >= 0.3 is 0 Å². The lowest BCUT2D eigenvalue weighted by molar-refractivity contribution is 0.101. The highest BCUT2D eigenvalue weighted by atomic mass is 32.1. The Morgan fingerprint density at radius 2 is 1.50 bits per heavy atom. The lowest BCUT2D eigenvalue weighted by Gasteiger charge is -1.99. The lowest BCUT2D eigenvalue weighted by atomic mass is 10.1.